The van der Waals surface area contributed by atoms with Gasteiger partial charge in [-0.15, -0.1) is 0 Å². The van der Waals surface area contributed by atoms with E-state index in [9.17, 15) is 13.9 Å². The van der Waals surface area contributed by atoms with Gasteiger partial charge in [-0.2, -0.15) is 0 Å². The highest BCUT2D eigenvalue weighted by atomic mass is 35.5. The van der Waals surface area contributed by atoms with Crippen LogP contribution in [0, 0.1) is 17.6 Å². The zero-order chi connectivity index (χ0) is 19.9. The monoisotopic (exact) mass is 396 g/mol. The van der Waals surface area contributed by atoms with E-state index in [4.69, 9.17) is 22.1 Å². The molecule has 0 saturated heterocycles. The van der Waals surface area contributed by atoms with Gasteiger partial charge in [0.05, 0.1) is 17.7 Å². The quantitative estimate of drug-likeness (QED) is 0.711. The molecule has 0 bridgehead atoms. The molecule has 146 valence electrons. The van der Waals surface area contributed by atoms with Crippen molar-refractivity contribution in [3.8, 4) is 17.0 Å². The maximum Gasteiger partial charge on any atom is 0.151 e. The molecule has 2 aromatic rings. The Morgan fingerprint density at radius 3 is 2.48 bits per heavy atom. The van der Waals surface area contributed by atoms with E-state index in [0.717, 1.165) is 18.9 Å². The number of rotatable bonds is 6. The molecule has 1 fully saturated rings. The first-order chi connectivity index (χ1) is 12.7. The lowest BCUT2D eigenvalue weighted by molar-refractivity contribution is 0.0754. The molecule has 0 radical (unpaired) electrons. The molecule has 4 nitrogen and oxygen atoms in total. The Bertz CT molecular complexity index is 864. The van der Waals surface area contributed by atoms with Crippen LogP contribution in [0.15, 0.2) is 18.2 Å². The average molecular weight is 397 g/mol. The van der Waals surface area contributed by atoms with Crippen molar-refractivity contribution in [1.82, 2.24) is 4.98 Å². The predicted octanol–water partition coefficient (Wildman–Crippen LogP) is 4.37. The van der Waals surface area contributed by atoms with Crippen LogP contribution in [0.3, 0.4) is 0 Å². The highest BCUT2D eigenvalue weighted by molar-refractivity contribution is 6.31. The van der Waals surface area contributed by atoms with E-state index in [1.165, 1.54) is 13.2 Å². The molecule has 1 aliphatic carbocycles. The SMILES string of the molecule is COc1c(C(C)(C)O)cc(C(CN)C2CC2)nc1-c1cc(Cl)c(F)cc1F. The molecule has 7 heteroatoms. The van der Waals surface area contributed by atoms with E-state index >= 15 is 0 Å². The van der Waals surface area contributed by atoms with Crippen LogP contribution in [0.4, 0.5) is 8.78 Å². The first kappa shape index (κ1) is 20.0. The maximum atomic E-state index is 14.6. The second-order valence-corrected chi connectivity index (χ2v) is 7.87. The fourth-order valence-electron chi connectivity index (χ4n) is 3.34. The van der Waals surface area contributed by atoms with Gasteiger partial charge in [-0.05, 0) is 44.7 Å². The van der Waals surface area contributed by atoms with Gasteiger partial charge >= 0.3 is 0 Å². The van der Waals surface area contributed by atoms with Gasteiger partial charge in [-0.25, -0.2) is 13.8 Å². The highest BCUT2D eigenvalue weighted by Crippen LogP contribution is 2.45. The molecule has 1 aliphatic rings. The number of nitrogens with zero attached hydrogens (tertiary/aromatic N) is 1. The van der Waals surface area contributed by atoms with Crippen LogP contribution in [-0.2, 0) is 5.60 Å². The molecule has 0 amide bonds. The molecular formula is C20H23ClF2N2O2. The summed E-state index contributed by atoms with van der Waals surface area (Å²) in [4.78, 5) is 4.61. The van der Waals surface area contributed by atoms with E-state index in [1.54, 1.807) is 19.9 Å². The van der Waals surface area contributed by atoms with Crippen LogP contribution in [-0.4, -0.2) is 23.7 Å². The average Bonchev–Trinajstić information content (AvgIpc) is 3.42. The molecular weight excluding hydrogens is 374 g/mol. The third kappa shape index (κ3) is 3.93. The van der Waals surface area contributed by atoms with E-state index in [2.05, 4.69) is 4.98 Å². The second-order valence-electron chi connectivity index (χ2n) is 7.46. The number of hydrogen-bond donors (Lipinski definition) is 2. The number of aliphatic hydroxyl groups is 1. The molecule has 27 heavy (non-hydrogen) atoms. The van der Waals surface area contributed by atoms with E-state index in [1.807, 2.05) is 0 Å². The fraction of sp³-hybridized carbons (Fsp3) is 0.450. The normalized spacial score (nSPS) is 15.7. The van der Waals surface area contributed by atoms with Crippen LogP contribution >= 0.6 is 11.6 Å². The topological polar surface area (TPSA) is 68.4 Å². The molecule has 1 atom stereocenters. The maximum absolute atomic E-state index is 14.6. The summed E-state index contributed by atoms with van der Waals surface area (Å²) in [5, 5.41) is 10.4. The number of pyridine rings is 1. The van der Waals surface area contributed by atoms with Crippen LogP contribution in [0.2, 0.25) is 5.02 Å². The summed E-state index contributed by atoms with van der Waals surface area (Å²) in [6.07, 6.45) is 2.11. The molecule has 1 saturated carbocycles. The lowest BCUT2D eigenvalue weighted by Gasteiger charge is -2.25. The molecule has 0 spiro atoms. The fourth-order valence-corrected chi connectivity index (χ4v) is 3.51. The van der Waals surface area contributed by atoms with Gasteiger partial charge in [0.2, 0.25) is 0 Å². The number of benzene rings is 1. The van der Waals surface area contributed by atoms with Crippen molar-refractivity contribution < 1.29 is 18.6 Å². The predicted molar refractivity (Wildman–Crippen MR) is 101 cm³/mol. The number of hydrogen-bond acceptors (Lipinski definition) is 4. The Hall–Kier alpha value is -1.76. The molecule has 0 aliphatic heterocycles. The van der Waals surface area contributed by atoms with Gasteiger partial charge in [0.25, 0.3) is 0 Å². The van der Waals surface area contributed by atoms with E-state index in [-0.39, 0.29) is 27.9 Å². The summed E-state index contributed by atoms with van der Waals surface area (Å²) < 4.78 is 33.7. The third-order valence-corrected chi connectivity index (χ3v) is 5.24. The van der Waals surface area contributed by atoms with Gasteiger partial charge in [-0.3, -0.25) is 0 Å². The Morgan fingerprint density at radius 2 is 1.96 bits per heavy atom. The summed E-state index contributed by atoms with van der Waals surface area (Å²) in [6.45, 7) is 3.61. The first-order valence-electron chi connectivity index (χ1n) is 8.84. The zero-order valence-corrected chi connectivity index (χ0v) is 16.3. The summed E-state index contributed by atoms with van der Waals surface area (Å²) in [7, 11) is 1.42. The van der Waals surface area contributed by atoms with Crippen molar-refractivity contribution >= 4 is 11.6 Å². The molecule has 1 aromatic carbocycles. The van der Waals surface area contributed by atoms with Crippen LogP contribution < -0.4 is 10.5 Å². The summed E-state index contributed by atoms with van der Waals surface area (Å²) in [5.74, 6) is -1.03. The van der Waals surface area contributed by atoms with Crippen LogP contribution in [0.25, 0.3) is 11.3 Å². The van der Waals surface area contributed by atoms with E-state index < -0.39 is 17.2 Å². The minimum Gasteiger partial charge on any atom is -0.494 e. The summed E-state index contributed by atoms with van der Waals surface area (Å²) in [6, 6.07) is 3.67. The Balaban J connectivity index is 2.29. The number of nitrogens with two attached hydrogens (primary N) is 1. The lowest BCUT2D eigenvalue weighted by atomic mass is 9.90. The van der Waals surface area contributed by atoms with Crippen LogP contribution in [0.5, 0.6) is 5.75 Å². The number of halogens is 3. The Labute approximate surface area is 162 Å². The van der Waals surface area contributed by atoms with Gasteiger partial charge < -0.3 is 15.6 Å². The molecule has 3 rings (SSSR count). The Morgan fingerprint density at radius 1 is 1.30 bits per heavy atom. The zero-order valence-electron chi connectivity index (χ0n) is 15.5. The van der Waals surface area contributed by atoms with Gasteiger partial charge in [-0.1, -0.05) is 11.6 Å². The van der Waals surface area contributed by atoms with Crippen molar-refractivity contribution in [3.05, 3.63) is 46.1 Å². The smallest absolute Gasteiger partial charge is 0.151 e. The number of aromatic nitrogens is 1. The van der Waals surface area contributed by atoms with Crippen molar-refractivity contribution in [1.29, 1.82) is 0 Å². The number of ether oxygens (including phenoxy) is 1. The van der Waals surface area contributed by atoms with Gasteiger partial charge in [0.15, 0.2) is 5.75 Å². The summed E-state index contributed by atoms with van der Waals surface area (Å²) >= 11 is 5.87. The van der Waals surface area contributed by atoms with Crippen molar-refractivity contribution in [2.75, 3.05) is 13.7 Å². The minimum atomic E-state index is -1.26. The molecule has 1 aromatic heterocycles. The van der Waals surface area contributed by atoms with Gasteiger partial charge in [0, 0.05) is 35.3 Å². The third-order valence-electron chi connectivity index (χ3n) is 4.95. The highest BCUT2D eigenvalue weighted by Gasteiger charge is 2.35. The second kappa shape index (κ2) is 7.34. The van der Waals surface area contributed by atoms with Crippen molar-refractivity contribution in [2.24, 2.45) is 11.7 Å². The molecule has 1 heterocycles. The number of methoxy groups -OCH3 is 1. The van der Waals surface area contributed by atoms with E-state index in [0.29, 0.717) is 23.7 Å². The van der Waals surface area contributed by atoms with Crippen molar-refractivity contribution in [2.45, 2.75) is 38.2 Å². The first-order valence-corrected chi connectivity index (χ1v) is 9.22. The Kier molecular flexibility index (Phi) is 5.43. The summed E-state index contributed by atoms with van der Waals surface area (Å²) in [5.41, 5.74) is 6.00. The standard InChI is InChI=1S/C20H23ClF2N2O2/c1-20(2,26)13-7-17(12(9-24)10-4-5-10)25-18(19(13)27-3)11-6-14(21)16(23)8-15(11)22/h6-8,10,12,26H,4-5,9,24H2,1-3H3. The van der Waals surface area contributed by atoms with Crippen LogP contribution in [0.1, 0.15) is 43.9 Å². The largest absolute Gasteiger partial charge is 0.494 e. The molecule has 3 N–H and O–H groups in total. The van der Waals surface area contributed by atoms with Crippen molar-refractivity contribution in [3.63, 3.8) is 0 Å². The van der Waals surface area contributed by atoms with Gasteiger partial charge in [0.1, 0.15) is 17.3 Å². The minimum absolute atomic E-state index is 0.00487. The molecule has 1 unspecified atom stereocenters. The lowest BCUT2D eigenvalue weighted by Crippen LogP contribution is -2.21.